The maximum Gasteiger partial charge on any atom is 0.107 e. The second-order valence-electron chi connectivity index (χ2n) is 2.59. The molecule has 0 saturated carbocycles. The van der Waals surface area contributed by atoms with E-state index >= 15 is 0 Å². The van der Waals surface area contributed by atoms with E-state index in [0.29, 0.717) is 0 Å². The molecule has 3 heteroatoms. The molecule has 2 aromatic rings. The van der Waals surface area contributed by atoms with Gasteiger partial charge in [-0.3, -0.25) is 0 Å². The van der Waals surface area contributed by atoms with Gasteiger partial charge >= 0.3 is 0 Å². The van der Waals surface area contributed by atoms with Gasteiger partial charge in [0.1, 0.15) is 5.03 Å². The SMILES string of the molecule is CSSc1ccc2ccccc2n1. The summed E-state index contributed by atoms with van der Waals surface area (Å²) >= 11 is 0. The fourth-order valence-corrected chi connectivity index (χ4v) is 2.40. The Hall–Kier alpha value is -0.670. The Bertz CT molecular complexity index is 414. The summed E-state index contributed by atoms with van der Waals surface area (Å²) in [5.74, 6) is 0. The van der Waals surface area contributed by atoms with Gasteiger partial charge in [0.25, 0.3) is 0 Å². The standard InChI is InChI=1S/C10H9NS2/c1-12-13-10-7-6-8-4-2-3-5-9(8)11-10/h2-7H,1H3. The second kappa shape index (κ2) is 4.03. The molecule has 1 heterocycles. The molecule has 0 radical (unpaired) electrons. The molecule has 0 fully saturated rings. The Morgan fingerprint density at radius 1 is 1.08 bits per heavy atom. The Kier molecular flexibility index (Phi) is 2.76. The molecule has 0 N–H and O–H groups in total. The van der Waals surface area contributed by atoms with Gasteiger partial charge in [-0.1, -0.05) is 35.1 Å². The van der Waals surface area contributed by atoms with Gasteiger partial charge < -0.3 is 0 Å². The number of aromatic nitrogens is 1. The van der Waals surface area contributed by atoms with Gasteiger partial charge in [0.05, 0.1) is 5.52 Å². The molecule has 66 valence electrons. The Morgan fingerprint density at radius 3 is 2.77 bits per heavy atom. The van der Waals surface area contributed by atoms with E-state index in [0.717, 1.165) is 10.5 Å². The minimum atomic E-state index is 1.07. The van der Waals surface area contributed by atoms with Crippen LogP contribution in [-0.2, 0) is 0 Å². The fraction of sp³-hybridized carbons (Fsp3) is 0.100. The maximum atomic E-state index is 4.51. The zero-order valence-corrected chi connectivity index (χ0v) is 8.86. The number of benzene rings is 1. The lowest BCUT2D eigenvalue weighted by molar-refractivity contribution is 1.20. The molecular formula is C10H9NS2. The number of fused-ring (bicyclic) bond motifs is 1. The molecule has 13 heavy (non-hydrogen) atoms. The monoisotopic (exact) mass is 207 g/mol. The average molecular weight is 207 g/mol. The topological polar surface area (TPSA) is 12.9 Å². The zero-order valence-electron chi connectivity index (χ0n) is 7.23. The van der Waals surface area contributed by atoms with E-state index in [9.17, 15) is 0 Å². The summed E-state index contributed by atoms with van der Waals surface area (Å²) in [7, 11) is 3.41. The molecule has 0 bridgehead atoms. The summed E-state index contributed by atoms with van der Waals surface area (Å²) < 4.78 is 0. The van der Waals surface area contributed by atoms with Crippen LogP contribution in [0.3, 0.4) is 0 Å². The van der Waals surface area contributed by atoms with Gasteiger partial charge in [-0.2, -0.15) is 0 Å². The van der Waals surface area contributed by atoms with Crippen LogP contribution < -0.4 is 0 Å². The first-order valence-corrected chi connectivity index (χ1v) is 6.52. The first-order chi connectivity index (χ1) is 6.40. The molecular weight excluding hydrogens is 198 g/mol. The van der Waals surface area contributed by atoms with Crippen LogP contribution in [0.25, 0.3) is 10.9 Å². The number of pyridine rings is 1. The van der Waals surface area contributed by atoms with Crippen LogP contribution in [0.1, 0.15) is 0 Å². The van der Waals surface area contributed by atoms with Crippen molar-refractivity contribution >= 4 is 32.5 Å². The van der Waals surface area contributed by atoms with Crippen molar-refractivity contribution in [1.29, 1.82) is 0 Å². The van der Waals surface area contributed by atoms with E-state index in [2.05, 4.69) is 29.4 Å². The van der Waals surface area contributed by atoms with Crippen molar-refractivity contribution in [3.05, 3.63) is 36.4 Å². The van der Waals surface area contributed by atoms with Crippen LogP contribution in [0.5, 0.6) is 0 Å². The summed E-state index contributed by atoms with van der Waals surface area (Å²) in [6.07, 6.45) is 2.06. The van der Waals surface area contributed by atoms with Crippen LogP contribution in [-0.4, -0.2) is 11.2 Å². The van der Waals surface area contributed by atoms with Crippen molar-refractivity contribution in [3.8, 4) is 0 Å². The minimum Gasteiger partial charge on any atom is -0.241 e. The summed E-state index contributed by atoms with van der Waals surface area (Å²) in [5.41, 5.74) is 1.07. The number of nitrogens with zero attached hydrogens (tertiary/aromatic N) is 1. The minimum absolute atomic E-state index is 1.07. The Labute approximate surface area is 85.3 Å². The highest BCUT2D eigenvalue weighted by atomic mass is 33.1. The summed E-state index contributed by atoms with van der Waals surface area (Å²) in [6.45, 7) is 0. The van der Waals surface area contributed by atoms with E-state index in [-0.39, 0.29) is 0 Å². The molecule has 0 saturated heterocycles. The maximum absolute atomic E-state index is 4.51. The highest BCUT2D eigenvalue weighted by Gasteiger charge is 1.96. The van der Waals surface area contributed by atoms with Crippen molar-refractivity contribution in [3.63, 3.8) is 0 Å². The molecule has 0 spiro atoms. The van der Waals surface area contributed by atoms with Crippen molar-refractivity contribution in [2.45, 2.75) is 5.03 Å². The number of hydrogen-bond acceptors (Lipinski definition) is 3. The van der Waals surface area contributed by atoms with Crippen LogP contribution in [0.15, 0.2) is 41.4 Å². The fourth-order valence-electron chi connectivity index (χ4n) is 1.18. The smallest absolute Gasteiger partial charge is 0.107 e. The van der Waals surface area contributed by atoms with Gasteiger partial charge in [0.15, 0.2) is 0 Å². The van der Waals surface area contributed by atoms with Gasteiger partial charge in [0.2, 0.25) is 0 Å². The highest BCUT2D eigenvalue weighted by molar-refractivity contribution is 8.76. The molecule has 1 aromatic carbocycles. The third-order valence-electron chi connectivity index (χ3n) is 1.74. The predicted molar refractivity (Wildman–Crippen MR) is 61.1 cm³/mol. The summed E-state index contributed by atoms with van der Waals surface area (Å²) in [6, 6.07) is 12.3. The third kappa shape index (κ3) is 1.98. The van der Waals surface area contributed by atoms with Crippen LogP contribution in [0.4, 0.5) is 0 Å². The lowest BCUT2D eigenvalue weighted by atomic mass is 10.2. The number of hydrogen-bond donors (Lipinski definition) is 0. The van der Waals surface area contributed by atoms with Crippen molar-refractivity contribution < 1.29 is 0 Å². The Balaban J connectivity index is 2.49. The first-order valence-electron chi connectivity index (χ1n) is 3.96. The quantitative estimate of drug-likeness (QED) is 0.698. The zero-order chi connectivity index (χ0) is 9.10. The predicted octanol–water partition coefficient (Wildman–Crippen LogP) is 3.60. The molecule has 0 amide bonds. The third-order valence-corrected chi connectivity index (χ3v) is 3.32. The molecule has 0 atom stereocenters. The molecule has 0 aliphatic heterocycles. The molecule has 1 nitrogen and oxygen atoms in total. The van der Waals surface area contributed by atoms with E-state index in [4.69, 9.17) is 0 Å². The van der Waals surface area contributed by atoms with Gasteiger partial charge in [-0.25, -0.2) is 4.98 Å². The molecule has 0 aliphatic rings. The molecule has 1 aromatic heterocycles. The van der Waals surface area contributed by atoms with Crippen molar-refractivity contribution in [1.82, 2.24) is 4.98 Å². The van der Waals surface area contributed by atoms with Crippen LogP contribution >= 0.6 is 21.6 Å². The van der Waals surface area contributed by atoms with Crippen molar-refractivity contribution in [2.24, 2.45) is 0 Å². The Morgan fingerprint density at radius 2 is 1.92 bits per heavy atom. The van der Waals surface area contributed by atoms with Crippen molar-refractivity contribution in [2.75, 3.05) is 6.26 Å². The van der Waals surface area contributed by atoms with Gasteiger partial charge in [0, 0.05) is 5.39 Å². The lowest BCUT2D eigenvalue weighted by Crippen LogP contribution is -1.79. The molecule has 0 aliphatic carbocycles. The van der Waals surface area contributed by atoms with Crippen LogP contribution in [0, 0.1) is 0 Å². The number of rotatable bonds is 2. The van der Waals surface area contributed by atoms with Gasteiger partial charge in [-0.05, 0) is 29.2 Å². The summed E-state index contributed by atoms with van der Waals surface area (Å²) in [5, 5.41) is 2.28. The normalized spacial score (nSPS) is 10.5. The molecule has 0 unspecified atom stereocenters. The first kappa shape index (κ1) is 8.91. The largest absolute Gasteiger partial charge is 0.241 e. The lowest BCUT2D eigenvalue weighted by Gasteiger charge is -1.99. The summed E-state index contributed by atoms with van der Waals surface area (Å²) in [4.78, 5) is 4.51. The van der Waals surface area contributed by atoms with Gasteiger partial charge in [-0.15, -0.1) is 0 Å². The van der Waals surface area contributed by atoms with E-state index in [1.807, 2.05) is 18.2 Å². The van der Waals surface area contributed by atoms with Crippen LogP contribution in [0.2, 0.25) is 0 Å². The highest BCUT2D eigenvalue weighted by Crippen LogP contribution is 2.27. The molecule has 2 rings (SSSR count). The second-order valence-corrected chi connectivity index (χ2v) is 5.01. The number of para-hydroxylation sites is 1. The van der Waals surface area contributed by atoms with E-state index < -0.39 is 0 Å². The average Bonchev–Trinajstić information content (AvgIpc) is 2.18. The van der Waals surface area contributed by atoms with E-state index in [1.165, 1.54) is 5.39 Å². The van der Waals surface area contributed by atoms with E-state index in [1.54, 1.807) is 21.6 Å².